The van der Waals surface area contributed by atoms with Crippen molar-refractivity contribution in [2.75, 3.05) is 33.4 Å². The van der Waals surface area contributed by atoms with E-state index in [1.165, 1.54) is 89.9 Å². The van der Waals surface area contributed by atoms with Gasteiger partial charge in [-0.25, -0.2) is 4.57 Å². The minimum atomic E-state index is -4.36. The smallest absolute Gasteiger partial charge is 0.462 e. The van der Waals surface area contributed by atoms with E-state index < -0.39 is 32.5 Å². The summed E-state index contributed by atoms with van der Waals surface area (Å²) >= 11 is 0. The molecule has 0 heterocycles. The summed E-state index contributed by atoms with van der Waals surface area (Å²) in [5.74, 6) is -0.872. The van der Waals surface area contributed by atoms with Crippen molar-refractivity contribution in [2.45, 2.75) is 174 Å². The van der Waals surface area contributed by atoms with Crippen LogP contribution in [0.4, 0.5) is 0 Å². The first-order chi connectivity index (χ1) is 25.3. The number of unbranched alkanes of at least 4 members (excludes halogenated alkanes) is 16. The van der Waals surface area contributed by atoms with Crippen molar-refractivity contribution in [3.05, 3.63) is 48.6 Å². The molecular formula is C42H76NO8P. The molecule has 0 saturated carbocycles. The van der Waals surface area contributed by atoms with E-state index in [1.807, 2.05) is 0 Å². The monoisotopic (exact) mass is 754 g/mol. The molecule has 0 fully saturated rings. The first kappa shape index (κ1) is 50.0. The third-order valence-electron chi connectivity index (χ3n) is 8.45. The molecule has 0 aromatic rings. The molecule has 0 bridgehead atoms. The predicted molar refractivity (Wildman–Crippen MR) is 215 cm³/mol. The van der Waals surface area contributed by atoms with Gasteiger partial charge in [-0.3, -0.25) is 18.6 Å². The number of carbonyl (C=O) groups excluding carboxylic acids is 2. The zero-order valence-corrected chi connectivity index (χ0v) is 34.1. The molecule has 0 aliphatic rings. The van der Waals surface area contributed by atoms with Crippen molar-refractivity contribution in [2.24, 2.45) is 0 Å². The minimum absolute atomic E-state index is 0.0256. The molecule has 2 unspecified atom stereocenters. The molecule has 10 heteroatoms. The molecule has 0 radical (unpaired) electrons. The Morgan fingerprint density at radius 2 is 1.06 bits per heavy atom. The average Bonchev–Trinajstić information content (AvgIpc) is 3.12. The van der Waals surface area contributed by atoms with E-state index in [0.717, 1.165) is 38.5 Å². The second-order valence-corrected chi connectivity index (χ2v) is 14.9. The van der Waals surface area contributed by atoms with Gasteiger partial charge in [0.1, 0.15) is 6.61 Å². The number of likely N-dealkylation sites (N-methyl/N-ethyl adjacent to an activating group) is 1. The number of phosphoric acid groups is 1. The standard InChI is InChI=1S/C42H76NO8P/c1-4-6-8-10-12-14-16-18-19-20-21-23-24-26-28-30-32-34-41(44)48-38-40(39-50-52(46,47)49-37-36-43-3)51-42(45)35-33-31-29-27-25-22-17-15-13-11-9-7-5-2/h12,14,18-19,21,23,26,28,40,43H,4-11,13,15-17,20,22,24-25,27,29-39H2,1-3H3,(H,46,47)/b14-12-,19-18-,23-21-,28-26-. The second-order valence-electron chi connectivity index (χ2n) is 13.5. The average molecular weight is 754 g/mol. The van der Waals surface area contributed by atoms with Crippen LogP contribution in [0.3, 0.4) is 0 Å². The van der Waals surface area contributed by atoms with E-state index in [0.29, 0.717) is 19.4 Å². The van der Waals surface area contributed by atoms with Crippen molar-refractivity contribution in [3.8, 4) is 0 Å². The molecule has 0 aliphatic carbocycles. The maximum absolute atomic E-state index is 12.6. The molecule has 302 valence electrons. The summed E-state index contributed by atoms with van der Waals surface area (Å²) in [6.45, 7) is 4.12. The molecule has 0 amide bonds. The maximum Gasteiger partial charge on any atom is 0.472 e. The third-order valence-corrected chi connectivity index (χ3v) is 9.44. The minimum Gasteiger partial charge on any atom is -0.462 e. The number of rotatable bonds is 38. The summed E-state index contributed by atoms with van der Waals surface area (Å²) in [5, 5.41) is 2.81. The molecular weight excluding hydrogens is 677 g/mol. The van der Waals surface area contributed by atoms with Crippen LogP contribution >= 0.6 is 7.82 Å². The van der Waals surface area contributed by atoms with E-state index in [-0.39, 0.29) is 26.1 Å². The van der Waals surface area contributed by atoms with Crippen LogP contribution in [-0.2, 0) is 32.7 Å². The quantitative estimate of drug-likeness (QED) is 0.0275. The van der Waals surface area contributed by atoms with Gasteiger partial charge in [-0.05, 0) is 58.4 Å². The Morgan fingerprint density at radius 1 is 0.596 bits per heavy atom. The summed E-state index contributed by atoms with van der Waals surface area (Å²) in [6.07, 6.45) is 41.6. The molecule has 52 heavy (non-hydrogen) atoms. The SMILES string of the molecule is CCCCC/C=C\C/C=C\C/C=C\C/C=C\CCCC(=O)OCC(COP(=O)(O)OCCNC)OC(=O)CCCCCCCCCCCCCCC. The van der Waals surface area contributed by atoms with E-state index in [4.69, 9.17) is 18.5 Å². The number of hydrogen-bond acceptors (Lipinski definition) is 8. The number of phosphoric ester groups is 1. The summed E-state index contributed by atoms with van der Waals surface area (Å²) in [6, 6.07) is 0. The fraction of sp³-hybridized carbons (Fsp3) is 0.762. The number of allylic oxidation sites excluding steroid dienone is 8. The highest BCUT2D eigenvalue weighted by molar-refractivity contribution is 7.47. The molecule has 0 aliphatic heterocycles. The van der Waals surface area contributed by atoms with Crippen molar-refractivity contribution < 1.29 is 37.6 Å². The van der Waals surface area contributed by atoms with E-state index in [9.17, 15) is 19.0 Å². The Labute approximate surface area is 318 Å². The molecule has 0 spiro atoms. The fourth-order valence-electron chi connectivity index (χ4n) is 5.31. The van der Waals surface area contributed by atoms with Crippen molar-refractivity contribution in [1.29, 1.82) is 0 Å². The van der Waals surface area contributed by atoms with Crippen LogP contribution in [0, 0.1) is 0 Å². The zero-order chi connectivity index (χ0) is 38.2. The molecule has 0 aromatic heterocycles. The summed E-state index contributed by atoms with van der Waals surface area (Å²) < 4.78 is 33.1. The molecule has 2 N–H and O–H groups in total. The zero-order valence-electron chi connectivity index (χ0n) is 33.2. The van der Waals surface area contributed by atoms with Crippen LogP contribution in [0.25, 0.3) is 0 Å². The van der Waals surface area contributed by atoms with Crippen LogP contribution < -0.4 is 5.32 Å². The molecule has 0 rings (SSSR count). The molecule has 2 atom stereocenters. The summed E-state index contributed by atoms with van der Waals surface area (Å²) in [5.41, 5.74) is 0. The van der Waals surface area contributed by atoms with Gasteiger partial charge >= 0.3 is 19.8 Å². The molecule has 0 aromatic carbocycles. The van der Waals surface area contributed by atoms with Gasteiger partial charge < -0.3 is 19.7 Å². The van der Waals surface area contributed by atoms with Crippen LogP contribution in [0.15, 0.2) is 48.6 Å². The van der Waals surface area contributed by atoms with E-state index >= 15 is 0 Å². The Morgan fingerprint density at radius 3 is 1.60 bits per heavy atom. The lowest BCUT2D eigenvalue weighted by molar-refractivity contribution is -0.161. The van der Waals surface area contributed by atoms with Crippen LogP contribution in [0.5, 0.6) is 0 Å². The number of carbonyl (C=O) groups is 2. The van der Waals surface area contributed by atoms with Gasteiger partial charge in [-0.2, -0.15) is 0 Å². The van der Waals surface area contributed by atoms with Gasteiger partial charge in [-0.15, -0.1) is 0 Å². The highest BCUT2D eigenvalue weighted by atomic mass is 31.2. The van der Waals surface area contributed by atoms with Crippen molar-refractivity contribution in [3.63, 3.8) is 0 Å². The lowest BCUT2D eigenvalue weighted by atomic mass is 10.0. The van der Waals surface area contributed by atoms with Crippen LogP contribution in [-0.4, -0.2) is 56.3 Å². The number of hydrogen-bond donors (Lipinski definition) is 2. The van der Waals surface area contributed by atoms with E-state index in [2.05, 4.69) is 67.8 Å². The van der Waals surface area contributed by atoms with Gasteiger partial charge in [0, 0.05) is 19.4 Å². The van der Waals surface area contributed by atoms with Gasteiger partial charge in [-0.1, -0.05) is 152 Å². The first-order valence-corrected chi connectivity index (χ1v) is 22.1. The van der Waals surface area contributed by atoms with E-state index in [1.54, 1.807) is 7.05 Å². The number of esters is 2. The van der Waals surface area contributed by atoms with Crippen molar-refractivity contribution >= 4 is 19.8 Å². The van der Waals surface area contributed by atoms with Gasteiger partial charge in [0.15, 0.2) is 6.10 Å². The predicted octanol–water partition coefficient (Wildman–Crippen LogP) is 11.4. The molecule has 9 nitrogen and oxygen atoms in total. The van der Waals surface area contributed by atoms with Gasteiger partial charge in [0.2, 0.25) is 0 Å². The lowest BCUT2D eigenvalue weighted by Gasteiger charge is -2.20. The Kier molecular flexibility index (Phi) is 37.2. The van der Waals surface area contributed by atoms with Gasteiger partial charge in [0.05, 0.1) is 13.2 Å². The number of ether oxygens (including phenoxy) is 2. The Bertz CT molecular complexity index is 996. The highest BCUT2D eigenvalue weighted by Gasteiger charge is 2.26. The van der Waals surface area contributed by atoms with Crippen molar-refractivity contribution in [1.82, 2.24) is 5.32 Å². The van der Waals surface area contributed by atoms with Crippen LogP contribution in [0.1, 0.15) is 168 Å². The van der Waals surface area contributed by atoms with Gasteiger partial charge in [0.25, 0.3) is 0 Å². The summed E-state index contributed by atoms with van der Waals surface area (Å²) in [4.78, 5) is 34.9. The lowest BCUT2D eigenvalue weighted by Crippen LogP contribution is -2.29. The fourth-order valence-corrected chi connectivity index (χ4v) is 6.06. The molecule has 0 saturated heterocycles. The Hall–Kier alpha value is -2.03. The third kappa shape index (κ3) is 37.7. The summed E-state index contributed by atoms with van der Waals surface area (Å²) in [7, 11) is -2.66. The number of nitrogens with one attached hydrogen (secondary N) is 1. The largest absolute Gasteiger partial charge is 0.472 e. The first-order valence-electron chi connectivity index (χ1n) is 20.6. The second kappa shape index (κ2) is 38.7. The van der Waals surface area contributed by atoms with Crippen LogP contribution in [0.2, 0.25) is 0 Å². The maximum atomic E-state index is 12.6. The normalized spacial score (nSPS) is 13.8. The topological polar surface area (TPSA) is 120 Å². The Balaban J connectivity index is 4.35. The highest BCUT2D eigenvalue weighted by Crippen LogP contribution is 2.43.